The largest absolute Gasteiger partial charge is 0.388 e. The molecular formula is C14H21NO7S. The minimum absolute atomic E-state index is 0.00561. The van der Waals surface area contributed by atoms with Crippen molar-refractivity contribution in [2.24, 2.45) is 5.73 Å². The van der Waals surface area contributed by atoms with Gasteiger partial charge < -0.3 is 25.4 Å². The van der Waals surface area contributed by atoms with E-state index in [2.05, 4.69) is 0 Å². The van der Waals surface area contributed by atoms with Gasteiger partial charge in [0.2, 0.25) is 0 Å². The Labute approximate surface area is 134 Å². The van der Waals surface area contributed by atoms with Crippen LogP contribution in [0.1, 0.15) is 5.56 Å². The molecule has 1 aromatic rings. The number of methoxy groups -OCH3 is 1. The SMILES string of the molecule is CO[C@@H]1O[C@H](COS(=O)(=O)c2ccc(C)cc2)[C@H](O)[C@@H](O)[C@H]1N. The molecule has 23 heavy (non-hydrogen) atoms. The second-order valence-corrected chi connectivity index (χ2v) is 7.00. The lowest BCUT2D eigenvalue weighted by Crippen LogP contribution is -2.62. The molecule has 9 heteroatoms. The van der Waals surface area contributed by atoms with Gasteiger partial charge in [0.25, 0.3) is 10.1 Å². The highest BCUT2D eigenvalue weighted by Gasteiger charge is 2.43. The van der Waals surface area contributed by atoms with Crippen molar-refractivity contribution in [2.75, 3.05) is 13.7 Å². The van der Waals surface area contributed by atoms with Gasteiger partial charge in [0.05, 0.1) is 17.5 Å². The normalized spacial score (nSPS) is 32.0. The van der Waals surface area contributed by atoms with Crippen LogP contribution in [0.4, 0.5) is 0 Å². The first-order valence-electron chi connectivity index (χ1n) is 7.02. The van der Waals surface area contributed by atoms with E-state index in [1.165, 1.54) is 19.2 Å². The molecule has 2 rings (SSSR count). The number of ether oxygens (including phenoxy) is 2. The number of aryl methyl sites for hydroxylation is 1. The van der Waals surface area contributed by atoms with Crippen LogP contribution in [0.2, 0.25) is 0 Å². The van der Waals surface area contributed by atoms with Crippen molar-refractivity contribution >= 4 is 10.1 Å². The molecule has 0 aliphatic carbocycles. The van der Waals surface area contributed by atoms with E-state index in [0.29, 0.717) is 0 Å². The van der Waals surface area contributed by atoms with Crippen molar-refractivity contribution in [3.63, 3.8) is 0 Å². The van der Waals surface area contributed by atoms with Crippen molar-refractivity contribution in [1.29, 1.82) is 0 Å². The molecule has 8 nitrogen and oxygen atoms in total. The number of aliphatic hydroxyl groups excluding tert-OH is 2. The van der Waals surface area contributed by atoms with Crippen LogP contribution in [-0.2, 0) is 23.8 Å². The van der Waals surface area contributed by atoms with Gasteiger partial charge in [-0.1, -0.05) is 17.7 Å². The zero-order valence-corrected chi connectivity index (χ0v) is 13.6. The van der Waals surface area contributed by atoms with Gasteiger partial charge in [0.15, 0.2) is 6.29 Å². The summed E-state index contributed by atoms with van der Waals surface area (Å²) in [7, 11) is -2.67. The Balaban J connectivity index is 2.05. The van der Waals surface area contributed by atoms with E-state index < -0.39 is 47.4 Å². The van der Waals surface area contributed by atoms with Crippen molar-refractivity contribution in [3.8, 4) is 0 Å². The highest BCUT2D eigenvalue weighted by Crippen LogP contribution is 2.22. The van der Waals surface area contributed by atoms with E-state index in [-0.39, 0.29) is 4.90 Å². The molecule has 0 radical (unpaired) electrons. The third-order valence-electron chi connectivity index (χ3n) is 3.68. The summed E-state index contributed by atoms with van der Waals surface area (Å²) in [5.74, 6) is 0. The lowest BCUT2D eigenvalue weighted by atomic mass is 9.98. The maximum Gasteiger partial charge on any atom is 0.297 e. The standard InChI is InChI=1S/C14H21NO7S/c1-8-3-5-9(6-4-8)23(18,19)21-7-10-12(16)13(17)11(15)14(20-2)22-10/h3-6,10-14,16-17H,7,15H2,1-2H3/t10-,11-,12+,13+,14-/m1/s1. The second kappa shape index (κ2) is 7.22. The maximum atomic E-state index is 12.1. The summed E-state index contributed by atoms with van der Waals surface area (Å²) in [4.78, 5) is -0.00561. The first-order valence-corrected chi connectivity index (χ1v) is 8.43. The number of nitrogens with two attached hydrogens (primary N) is 1. The van der Waals surface area contributed by atoms with Crippen LogP contribution in [0, 0.1) is 6.92 Å². The predicted octanol–water partition coefficient (Wildman–Crippen LogP) is -0.879. The average molecular weight is 347 g/mol. The number of rotatable bonds is 5. The van der Waals surface area contributed by atoms with E-state index >= 15 is 0 Å². The lowest BCUT2D eigenvalue weighted by molar-refractivity contribution is -0.256. The molecule has 1 aliphatic rings. The topological polar surface area (TPSA) is 128 Å². The van der Waals surface area contributed by atoms with Crippen LogP contribution >= 0.6 is 0 Å². The number of aliphatic hydroxyl groups is 2. The Hall–Kier alpha value is -1.07. The van der Waals surface area contributed by atoms with Crippen molar-refractivity contribution < 1.29 is 32.3 Å². The number of hydrogen-bond donors (Lipinski definition) is 3. The Morgan fingerprint density at radius 3 is 2.39 bits per heavy atom. The van der Waals surface area contributed by atoms with Crippen molar-refractivity contribution in [2.45, 2.75) is 42.5 Å². The Kier molecular flexibility index (Phi) is 5.74. The van der Waals surface area contributed by atoms with Gasteiger partial charge in [-0.3, -0.25) is 4.18 Å². The molecule has 4 N–H and O–H groups in total. The molecule has 0 aromatic heterocycles. The molecule has 1 aromatic carbocycles. The molecule has 0 saturated carbocycles. The van der Waals surface area contributed by atoms with Crippen LogP contribution in [0.25, 0.3) is 0 Å². The minimum Gasteiger partial charge on any atom is -0.388 e. The van der Waals surface area contributed by atoms with Gasteiger partial charge >= 0.3 is 0 Å². The van der Waals surface area contributed by atoms with Crippen molar-refractivity contribution in [3.05, 3.63) is 29.8 Å². The summed E-state index contributed by atoms with van der Waals surface area (Å²) in [6.45, 7) is 1.36. The molecule has 1 saturated heterocycles. The molecule has 0 unspecified atom stereocenters. The third-order valence-corrected chi connectivity index (χ3v) is 4.97. The average Bonchev–Trinajstić information content (AvgIpc) is 2.52. The third kappa shape index (κ3) is 4.07. The van der Waals surface area contributed by atoms with E-state index in [1.807, 2.05) is 6.92 Å². The van der Waals surface area contributed by atoms with Crippen LogP contribution in [-0.4, -0.2) is 63.0 Å². The molecule has 130 valence electrons. The van der Waals surface area contributed by atoms with Crippen LogP contribution < -0.4 is 5.73 Å². The molecule has 1 aliphatic heterocycles. The Bertz CT molecular complexity index is 617. The van der Waals surface area contributed by atoms with Gasteiger partial charge in [-0.25, -0.2) is 0 Å². The molecular weight excluding hydrogens is 326 g/mol. The van der Waals surface area contributed by atoms with Gasteiger partial charge in [-0.15, -0.1) is 0 Å². The van der Waals surface area contributed by atoms with E-state index in [9.17, 15) is 18.6 Å². The summed E-state index contributed by atoms with van der Waals surface area (Å²) >= 11 is 0. The Morgan fingerprint density at radius 2 is 1.83 bits per heavy atom. The van der Waals surface area contributed by atoms with Gasteiger partial charge in [0.1, 0.15) is 18.3 Å². The fraction of sp³-hybridized carbons (Fsp3) is 0.571. The van der Waals surface area contributed by atoms with Crippen LogP contribution in [0.15, 0.2) is 29.2 Å². The molecule has 0 bridgehead atoms. The molecule has 1 heterocycles. The predicted molar refractivity (Wildman–Crippen MR) is 80.0 cm³/mol. The van der Waals surface area contributed by atoms with E-state index in [0.717, 1.165) is 5.56 Å². The zero-order valence-electron chi connectivity index (χ0n) is 12.8. The maximum absolute atomic E-state index is 12.1. The fourth-order valence-electron chi connectivity index (χ4n) is 2.23. The van der Waals surface area contributed by atoms with Gasteiger partial charge in [-0.2, -0.15) is 8.42 Å². The Morgan fingerprint density at radius 1 is 1.22 bits per heavy atom. The first-order chi connectivity index (χ1) is 10.8. The van der Waals surface area contributed by atoms with Crippen molar-refractivity contribution in [1.82, 2.24) is 0 Å². The fourth-order valence-corrected chi connectivity index (χ4v) is 3.15. The van der Waals surface area contributed by atoms with Crippen LogP contribution in [0.5, 0.6) is 0 Å². The molecule has 1 fully saturated rings. The zero-order chi connectivity index (χ0) is 17.2. The summed E-state index contributed by atoms with van der Waals surface area (Å²) in [5, 5.41) is 19.8. The van der Waals surface area contributed by atoms with Crippen LogP contribution in [0.3, 0.4) is 0 Å². The lowest BCUT2D eigenvalue weighted by Gasteiger charge is -2.40. The van der Waals surface area contributed by atoms with E-state index in [4.69, 9.17) is 19.4 Å². The monoisotopic (exact) mass is 347 g/mol. The number of hydrogen-bond acceptors (Lipinski definition) is 8. The summed E-state index contributed by atoms with van der Waals surface area (Å²) in [6.07, 6.45) is -4.76. The molecule has 5 atom stereocenters. The molecule has 0 amide bonds. The van der Waals surface area contributed by atoms with E-state index in [1.54, 1.807) is 12.1 Å². The minimum atomic E-state index is -4.00. The summed E-state index contributed by atoms with van der Waals surface area (Å²) < 4.78 is 39.4. The van der Waals surface area contributed by atoms with Gasteiger partial charge in [0, 0.05) is 7.11 Å². The summed E-state index contributed by atoms with van der Waals surface area (Å²) in [6, 6.07) is 5.19. The second-order valence-electron chi connectivity index (χ2n) is 5.39. The summed E-state index contributed by atoms with van der Waals surface area (Å²) in [5.41, 5.74) is 6.57. The highest BCUT2D eigenvalue weighted by molar-refractivity contribution is 7.86. The number of benzene rings is 1. The molecule has 0 spiro atoms. The smallest absolute Gasteiger partial charge is 0.297 e. The first kappa shape index (κ1) is 18.3. The highest BCUT2D eigenvalue weighted by atomic mass is 32.2. The quantitative estimate of drug-likeness (QED) is 0.586. The van der Waals surface area contributed by atoms with Gasteiger partial charge in [-0.05, 0) is 19.1 Å².